The third-order valence-corrected chi connectivity index (χ3v) is 5.66. The predicted octanol–water partition coefficient (Wildman–Crippen LogP) is -0.981. The zero-order valence-corrected chi connectivity index (χ0v) is 20.8. The van der Waals surface area contributed by atoms with Gasteiger partial charge in [0.25, 0.3) is 0 Å². The Morgan fingerprint density at radius 2 is 1.42 bits per heavy atom. The van der Waals surface area contributed by atoms with E-state index in [-0.39, 0.29) is 18.6 Å². The number of hydrogen-bond donors (Lipinski definition) is 8. The molecule has 4 unspecified atom stereocenters. The maximum Gasteiger partial charge on any atom is 0.326 e. The third kappa shape index (κ3) is 11.5. The van der Waals surface area contributed by atoms with E-state index in [9.17, 15) is 29.1 Å². The van der Waals surface area contributed by atoms with Crippen LogP contribution in [0.4, 0.5) is 0 Å². The van der Waals surface area contributed by atoms with Crippen molar-refractivity contribution in [2.45, 2.75) is 62.7 Å². The number of aliphatic carboxylic acids is 2. The van der Waals surface area contributed by atoms with Gasteiger partial charge in [0.2, 0.25) is 17.7 Å². The molecule has 3 amide bonds. The summed E-state index contributed by atoms with van der Waals surface area (Å²) in [5, 5.41) is 25.4. The van der Waals surface area contributed by atoms with Crippen LogP contribution in [0.3, 0.4) is 0 Å². The van der Waals surface area contributed by atoms with Crippen LogP contribution in [0.15, 0.2) is 30.3 Å². The Balaban J connectivity index is 2.93. The highest BCUT2D eigenvalue weighted by Gasteiger charge is 2.30. The van der Waals surface area contributed by atoms with Gasteiger partial charge in [0.1, 0.15) is 18.1 Å². The second kappa shape index (κ2) is 16.5. The molecule has 0 aliphatic heterocycles. The van der Waals surface area contributed by atoms with Gasteiger partial charge in [-0.25, -0.2) is 4.79 Å². The molecule has 0 aliphatic rings. The number of thiol groups is 1. The van der Waals surface area contributed by atoms with Gasteiger partial charge in [-0.3, -0.25) is 19.2 Å². The Labute approximate surface area is 215 Å². The van der Waals surface area contributed by atoms with Gasteiger partial charge < -0.3 is 37.6 Å². The fourth-order valence-corrected chi connectivity index (χ4v) is 3.50. The van der Waals surface area contributed by atoms with Crippen LogP contribution in [-0.4, -0.2) is 76.3 Å². The van der Waals surface area contributed by atoms with Crippen molar-refractivity contribution in [3.63, 3.8) is 0 Å². The van der Waals surface area contributed by atoms with Crippen molar-refractivity contribution in [1.82, 2.24) is 16.0 Å². The molecule has 4 atom stereocenters. The molecular weight excluding hydrogens is 490 g/mol. The molecule has 0 aliphatic carbocycles. The number of carbonyl (C=O) groups is 5. The third-order valence-electron chi connectivity index (χ3n) is 5.30. The molecule has 0 aromatic heterocycles. The van der Waals surface area contributed by atoms with E-state index in [2.05, 4.69) is 28.6 Å². The van der Waals surface area contributed by atoms with E-state index in [0.717, 1.165) is 5.56 Å². The minimum Gasteiger partial charge on any atom is -0.481 e. The van der Waals surface area contributed by atoms with Gasteiger partial charge in [-0.05, 0) is 31.4 Å². The predicted molar refractivity (Wildman–Crippen MR) is 135 cm³/mol. The standard InChI is InChI=1S/C23H35N5O7S/c24-11-5-4-8-15(25)20(31)27-17(12-14-6-2-1-3-7-14)21(32)28-18(13-36)22(33)26-16(23(34)35)9-10-19(29)30/h1-3,6-7,15-18,36H,4-5,8-13,24-25H2,(H,26,33)(H,27,31)(H,28,32)(H,29,30)(H,34,35). The lowest BCUT2D eigenvalue weighted by Gasteiger charge is -2.24. The van der Waals surface area contributed by atoms with Gasteiger partial charge in [-0.2, -0.15) is 12.6 Å². The Hall–Kier alpha value is -3.16. The molecule has 1 rings (SSSR count). The van der Waals surface area contributed by atoms with E-state index >= 15 is 0 Å². The smallest absolute Gasteiger partial charge is 0.326 e. The molecular formula is C23H35N5O7S. The summed E-state index contributed by atoms with van der Waals surface area (Å²) < 4.78 is 0. The zero-order chi connectivity index (χ0) is 27.1. The van der Waals surface area contributed by atoms with E-state index in [1.54, 1.807) is 30.3 Å². The topological polar surface area (TPSA) is 214 Å². The first-order valence-electron chi connectivity index (χ1n) is 11.5. The van der Waals surface area contributed by atoms with Gasteiger partial charge >= 0.3 is 11.9 Å². The van der Waals surface area contributed by atoms with Crippen LogP contribution >= 0.6 is 12.6 Å². The first kappa shape index (κ1) is 30.9. The fraction of sp³-hybridized carbons (Fsp3) is 0.522. The SMILES string of the molecule is NCCCCC(N)C(=O)NC(Cc1ccccc1)C(=O)NC(CS)C(=O)NC(CCC(=O)O)C(=O)O. The van der Waals surface area contributed by atoms with E-state index in [1.165, 1.54) is 0 Å². The maximum absolute atomic E-state index is 13.1. The summed E-state index contributed by atoms with van der Waals surface area (Å²) in [6.07, 6.45) is 1.05. The maximum atomic E-state index is 13.1. The molecule has 0 saturated heterocycles. The van der Waals surface area contributed by atoms with Crippen LogP contribution in [0.1, 0.15) is 37.7 Å². The number of nitrogens with two attached hydrogens (primary N) is 2. The molecule has 12 nitrogen and oxygen atoms in total. The Kier molecular flexibility index (Phi) is 14.1. The lowest BCUT2D eigenvalue weighted by molar-refractivity contribution is -0.143. The largest absolute Gasteiger partial charge is 0.481 e. The monoisotopic (exact) mass is 525 g/mol. The van der Waals surface area contributed by atoms with E-state index in [4.69, 9.17) is 16.6 Å². The number of benzene rings is 1. The lowest BCUT2D eigenvalue weighted by Crippen LogP contribution is -2.58. The van der Waals surface area contributed by atoms with Crippen molar-refractivity contribution >= 4 is 42.3 Å². The van der Waals surface area contributed by atoms with Crippen LogP contribution < -0.4 is 27.4 Å². The molecule has 1 aromatic rings. The number of hydrogen-bond acceptors (Lipinski definition) is 8. The normalized spacial score (nSPS) is 14.1. The lowest BCUT2D eigenvalue weighted by atomic mass is 10.0. The van der Waals surface area contributed by atoms with Crippen molar-refractivity contribution in [2.24, 2.45) is 11.5 Å². The van der Waals surface area contributed by atoms with E-state index < -0.39 is 60.2 Å². The number of rotatable bonds is 17. The van der Waals surface area contributed by atoms with Gasteiger partial charge in [0.15, 0.2) is 0 Å². The second-order valence-corrected chi connectivity index (χ2v) is 8.58. The van der Waals surface area contributed by atoms with Crippen LogP contribution in [0.2, 0.25) is 0 Å². The van der Waals surface area contributed by atoms with Crippen LogP contribution in [0, 0.1) is 0 Å². The molecule has 13 heteroatoms. The Morgan fingerprint density at radius 1 is 0.833 bits per heavy atom. The molecule has 1 aromatic carbocycles. The minimum absolute atomic E-state index is 0.116. The molecule has 200 valence electrons. The summed E-state index contributed by atoms with van der Waals surface area (Å²) in [6, 6.07) is 4.28. The quantitative estimate of drug-likeness (QED) is 0.0925. The van der Waals surface area contributed by atoms with Gasteiger partial charge in [-0.1, -0.05) is 36.8 Å². The number of nitrogens with one attached hydrogen (secondary N) is 3. The molecule has 0 radical (unpaired) electrons. The van der Waals surface area contributed by atoms with Crippen molar-refractivity contribution in [3.8, 4) is 0 Å². The highest BCUT2D eigenvalue weighted by atomic mass is 32.1. The summed E-state index contributed by atoms with van der Waals surface area (Å²) in [4.78, 5) is 60.5. The van der Waals surface area contributed by atoms with Crippen molar-refractivity contribution in [1.29, 1.82) is 0 Å². The van der Waals surface area contributed by atoms with E-state index in [0.29, 0.717) is 25.8 Å². The van der Waals surface area contributed by atoms with Gasteiger partial charge in [0, 0.05) is 18.6 Å². The first-order chi connectivity index (χ1) is 17.1. The summed E-state index contributed by atoms with van der Waals surface area (Å²) >= 11 is 4.07. The highest BCUT2D eigenvalue weighted by molar-refractivity contribution is 7.80. The van der Waals surface area contributed by atoms with Gasteiger partial charge in [0.05, 0.1) is 6.04 Å². The molecule has 0 fully saturated rings. The number of carboxylic acids is 2. The average molecular weight is 526 g/mol. The number of carboxylic acid groups (broad SMARTS) is 2. The molecule has 0 bridgehead atoms. The molecule has 0 heterocycles. The summed E-state index contributed by atoms with van der Waals surface area (Å²) in [5.74, 6) is -4.86. The number of carbonyl (C=O) groups excluding carboxylic acids is 3. The van der Waals surface area contributed by atoms with Crippen molar-refractivity contribution in [3.05, 3.63) is 35.9 Å². The van der Waals surface area contributed by atoms with Gasteiger partial charge in [-0.15, -0.1) is 0 Å². The average Bonchev–Trinajstić information content (AvgIpc) is 2.84. The second-order valence-electron chi connectivity index (χ2n) is 8.22. The zero-order valence-electron chi connectivity index (χ0n) is 19.9. The fourth-order valence-electron chi connectivity index (χ4n) is 3.24. The van der Waals surface area contributed by atoms with Crippen molar-refractivity contribution < 1.29 is 34.2 Å². The Bertz CT molecular complexity index is 887. The van der Waals surface area contributed by atoms with Crippen LogP contribution in [-0.2, 0) is 30.4 Å². The van der Waals surface area contributed by atoms with Crippen LogP contribution in [0.25, 0.3) is 0 Å². The van der Waals surface area contributed by atoms with Crippen molar-refractivity contribution in [2.75, 3.05) is 12.3 Å². The molecule has 0 spiro atoms. The summed E-state index contributed by atoms with van der Waals surface area (Å²) in [5.41, 5.74) is 12.2. The first-order valence-corrected chi connectivity index (χ1v) is 12.2. The highest BCUT2D eigenvalue weighted by Crippen LogP contribution is 2.07. The number of unbranched alkanes of at least 4 members (excludes halogenated alkanes) is 1. The summed E-state index contributed by atoms with van der Waals surface area (Å²) in [6.45, 7) is 0.472. The molecule has 0 saturated carbocycles. The van der Waals surface area contributed by atoms with E-state index in [1.807, 2.05) is 0 Å². The summed E-state index contributed by atoms with van der Waals surface area (Å²) in [7, 11) is 0. The Morgan fingerprint density at radius 3 is 1.97 bits per heavy atom. The molecule has 36 heavy (non-hydrogen) atoms. The number of amides is 3. The van der Waals surface area contributed by atoms with Crippen LogP contribution in [0.5, 0.6) is 0 Å². The molecule has 9 N–H and O–H groups in total. The minimum atomic E-state index is -1.46.